The first kappa shape index (κ1) is 20.6. The van der Waals surface area contributed by atoms with Crippen molar-refractivity contribution in [2.45, 2.75) is 45.6 Å². The minimum absolute atomic E-state index is 0.0743. The number of aromatic nitrogens is 1. The van der Waals surface area contributed by atoms with Crippen LogP contribution in [0.2, 0.25) is 0 Å². The fourth-order valence-electron chi connectivity index (χ4n) is 5.05. The lowest BCUT2D eigenvalue weighted by molar-refractivity contribution is -0.137. The monoisotopic (exact) mass is 438 g/mol. The fraction of sp³-hybridized carbons (Fsp3) is 0.542. The summed E-state index contributed by atoms with van der Waals surface area (Å²) in [7, 11) is 0. The molecule has 2 saturated heterocycles. The van der Waals surface area contributed by atoms with Gasteiger partial charge in [-0.3, -0.25) is 14.5 Å². The Morgan fingerprint density at radius 3 is 2.74 bits per heavy atom. The number of fused-ring (bicyclic) bond motifs is 1. The van der Waals surface area contributed by atoms with Gasteiger partial charge in [0.15, 0.2) is 0 Å². The van der Waals surface area contributed by atoms with Crippen LogP contribution in [0.4, 0.5) is 5.69 Å². The molecule has 164 valence electrons. The maximum atomic E-state index is 13.1. The van der Waals surface area contributed by atoms with Crippen molar-refractivity contribution in [1.29, 1.82) is 0 Å². The van der Waals surface area contributed by atoms with E-state index in [1.54, 1.807) is 11.3 Å². The normalized spacial score (nSPS) is 21.7. The number of hydrogen-bond acceptors (Lipinski definition) is 5. The molecule has 2 amide bonds. The predicted octanol–water partition coefficient (Wildman–Crippen LogP) is 2.89. The third-order valence-corrected chi connectivity index (χ3v) is 7.88. The minimum Gasteiger partial charge on any atom is -0.340 e. The summed E-state index contributed by atoms with van der Waals surface area (Å²) < 4.78 is 0. The van der Waals surface area contributed by atoms with E-state index in [1.165, 1.54) is 22.6 Å². The Hall–Kier alpha value is -2.25. The van der Waals surface area contributed by atoms with E-state index in [2.05, 4.69) is 40.4 Å². The SMILES string of the molecule is CCc1nc(CN2CCN(C(=O)C3CC(=O)N(c4ccc5c(c4)CCC5)C3)CC2)cs1. The summed E-state index contributed by atoms with van der Waals surface area (Å²) in [6.45, 7) is 6.67. The molecule has 0 radical (unpaired) electrons. The molecule has 1 aliphatic carbocycles. The van der Waals surface area contributed by atoms with Gasteiger partial charge in [0.05, 0.1) is 16.6 Å². The molecule has 1 atom stereocenters. The molecule has 3 heterocycles. The molecule has 1 aromatic heterocycles. The van der Waals surface area contributed by atoms with Crippen LogP contribution < -0.4 is 4.90 Å². The lowest BCUT2D eigenvalue weighted by Gasteiger charge is -2.35. The number of thiazole rings is 1. The first-order valence-electron chi connectivity index (χ1n) is 11.5. The summed E-state index contributed by atoms with van der Waals surface area (Å²) >= 11 is 1.73. The Morgan fingerprint density at radius 1 is 1.16 bits per heavy atom. The van der Waals surface area contributed by atoms with Gasteiger partial charge in [-0.2, -0.15) is 0 Å². The van der Waals surface area contributed by atoms with Crippen LogP contribution in [-0.2, 0) is 35.4 Å². The van der Waals surface area contributed by atoms with Gasteiger partial charge in [0.1, 0.15) is 0 Å². The van der Waals surface area contributed by atoms with E-state index >= 15 is 0 Å². The molecule has 0 bridgehead atoms. The van der Waals surface area contributed by atoms with Gasteiger partial charge in [-0.05, 0) is 48.9 Å². The van der Waals surface area contributed by atoms with Gasteiger partial charge in [-0.1, -0.05) is 13.0 Å². The second-order valence-corrected chi connectivity index (χ2v) is 9.84. The minimum atomic E-state index is -0.224. The van der Waals surface area contributed by atoms with E-state index in [-0.39, 0.29) is 17.7 Å². The lowest BCUT2D eigenvalue weighted by atomic mass is 10.1. The maximum Gasteiger partial charge on any atom is 0.228 e. The first-order chi connectivity index (χ1) is 15.1. The van der Waals surface area contributed by atoms with Crippen LogP contribution in [0, 0.1) is 5.92 Å². The highest BCUT2D eigenvalue weighted by molar-refractivity contribution is 7.09. The van der Waals surface area contributed by atoms with Crippen LogP contribution >= 0.6 is 11.3 Å². The quantitative estimate of drug-likeness (QED) is 0.720. The van der Waals surface area contributed by atoms with Crippen molar-refractivity contribution < 1.29 is 9.59 Å². The topological polar surface area (TPSA) is 56.8 Å². The van der Waals surface area contributed by atoms with E-state index in [0.717, 1.165) is 63.4 Å². The third kappa shape index (κ3) is 4.26. The second kappa shape index (κ2) is 8.71. The van der Waals surface area contributed by atoms with Crippen molar-refractivity contribution in [3.8, 4) is 0 Å². The van der Waals surface area contributed by atoms with Crippen molar-refractivity contribution in [2.75, 3.05) is 37.6 Å². The van der Waals surface area contributed by atoms with Crippen LogP contribution in [0.3, 0.4) is 0 Å². The second-order valence-electron chi connectivity index (χ2n) is 8.90. The summed E-state index contributed by atoms with van der Waals surface area (Å²) in [4.78, 5) is 36.6. The van der Waals surface area contributed by atoms with E-state index in [1.807, 2.05) is 9.80 Å². The highest BCUT2D eigenvalue weighted by atomic mass is 32.1. The summed E-state index contributed by atoms with van der Waals surface area (Å²) in [5.41, 5.74) is 4.86. The lowest BCUT2D eigenvalue weighted by Crippen LogP contribution is -2.50. The van der Waals surface area contributed by atoms with Crippen LogP contribution in [-0.4, -0.2) is 59.3 Å². The molecular formula is C24H30N4O2S. The molecule has 3 aliphatic rings. The van der Waals surface area contributed by atoms with E-state index in [4.69, 9.17) is 0 Å². The smallest absolute Gasteiger partial charge is 0.228 e. The zero-order chi connectivity index (χ0) is 21.4. The number of benzene rings is 1. The van der Waals surface area contributed by atoms with Gasteiger partial charge >= 0.3 is 0 Å². The average molecular weight is 439 g/mol. The number of anilines is 1. The van der Waals surface area contributed by atoms with Gasteiger partial charge in [0.25, 0.3) is 0 Å². The number of rotatable bonds is 5. The Kier molecular flexibility index (Phi) is 5.80. The van der Waals surface area contributed by atoms with E-state index in [0.29, 0.717) is 13.0 Å². The van der Waals surface area contributed by atoms with Crippen LogP contribution in [0.15, 0.2) is 23.6 Å². The summed E-state index contributed by atoms with van der Waals surface area (Å²) in [6.07, 6.45) is 4.74. The number of carbonyl (C=O) groups excluding carboxylic acids is 2. The molecule has 31 heavy (non-hydrogen) atoms. The van der Waals surface area contributed by atoms with E-state index in [9.17, 15) is 9.59 Å². The van der Waals surface area contributed by atoms with Crippen molar-refractivity contribution in [1.82, 2.24) is 14.8 Å². The molecule has 5 rings (SSSR count). The number of carbonyl (C=O) groups is 2. The Balaban J connectivity index is 1.16. The Labute approximate surface area is 187 Å². The van der Waals surface area contributed by atoms with Crippen molar-refractivity contribution in [3.05, 3.63) is 45.4 Å². The molecule has 0 spiro atoms. The molecule has 2 fully saturated rings. The molecule has 2 aliphatic heterocycles. The number of hydrogen-bond donors (Lipinski definition) is 0. The summed E-state index contributed by atoms with van der Waals surface area (Å²) in [6, 6.07) is 6.37. The van der Waals surface area contributed by atoms with Crippen molar-refractivity contribution >= 4 is 28.8 Å². The zero-order valence-corrected chi connectivity index (χ0v) is 19.0. The number of aryl methyl sites for hydroxylation is 3. The summed E-state index contributed by atoms with van der Waals surface area (Å²) in [5, 5.41) is 3.33. The molecule has 2 aromatic rings. The highest BCUT2D eigenvalue weighted by Gasteiger charge is 2.38. The molecule has 1 aromatic carbocycles. The highest BCUT2D eigenvalue weighted by Crippen LogP contribution is 2.31. The number of piperazine rings is 1. The van der Waals surface area contributed by atoms with Crippen molar-refractivity contribution in [2.24, 2.45) is 5.92 Å². The molecule has 0 N–H and O–H groups in total. The number of amides is 2. The molecule has 1 unspecified atom stereocenters. The van der Waals surface area contributed by atoms with Gasteiger partial charge in [-0.25, -0.2) is 4.98 Å². The van der Waals surface area contributed by atoms with Crippen molar-refractivity contribution in [3.63, 3.8) is 0 Å². The molecular weight excluding hydrogens is 408 g/mol. The molecule has 7 heteroatoms. The zero-order valence-electron chi connectivity index (χ0n) is 18.2. The van der Waals surface area contributed by atoms with Crippen LogP contribution in [0.5, 0.6) is 0 Å². The van der Waals surface area contributed by atoms with Crippen LogP contribution in [0.1, 0.15) is 41.6 Å². The average Bonchev–Trinajstić information content (AvgIpc) is 3.52. The van der Waals surface area contributed by atoms with E-state index < -0.39 is 0 Å². The van der Waals surface area contributed by atoms with Gasteiger partial charge < -0.3 is 9.80 Å². The standard InChI is InChI=1S/C24H30N4O2S/c1-2-22-25-20(16-31-22)15-26-8-10-27(11-9-26)24(30)19-13-23(29)28(14-19)21-7-6-17-4-3-5-18(17)12-21/h6-7,12,16,19H,2-5,8-11,13-15H2,1H3. The fourth-order valence-corrected chi connectivity index (χ4v) is 5.78. The largest absolute Gasteiger partial charge is 0.340 e. The number of nitrogens with zero attached hydrogens (tertiary/aromatic N) is 4. The van der Waals surface area contributed by atoms with Gasteiger partial charge in [0, 0.05) is 56.8 Å². The third-order valence-electron chi connectivity index (χ3n) is 6.84. The maximum absolute atomic E-state index is 13.1. The van der Waals surface area contributed by atoms with Gasteiger partial charge in [-0.15, -0.1) is 11.3 Å². The molecule has 6 nitrogen and oxygen atoms in total. The van der Waals surface area contributed by atoms with Gasteiger partial charge in [0.2, 0.25) is 11.8 Å². The Bertz CT molecular complexity index is 980. The predicted molar refractivity (Wildman–Crippen MR) is 122 cm³/mol. The van der Waals surface area contributed by atoms with Crippen LogP contribution in [0.25, 0.3) is 0 Å². The molecule has 0 saturated carbocycles. The first-order valence-corrected chi connectivity index (χ1v) is 12.3. The Morgan fingerprint density at radius 2 is 1.97 bits per heavy atom. The summed E-state index contributed by atoms with van der Waals surface area (Å²) in [5.74, 6) is -0.0123.